The van der Waals surface area contributed by atoms with Crippen molar-refractivity contribution in [3.05, 3.63) is 76.8 Å². The molecular formula is C26H26ClNO4. The molecule has 6 heteroatoms. The van der Waals surface area contributed by atoms with Gasteiger partial charge in [-0.15, -0.1) is 0 Å². The van der Waals surface area contributed by atoms with Crippen LogP contribution in [0.15, 0.2) is 60.7 Å². The molecule has 0 saturated carbocycles. The van der Waals surface area contributed by atoms with Crippen molar-refractivity contribution in [1.82, 2.24) is 0 Å². The molecule has 0 unspecified atom stereocenters. The highest BCUT2D eigenvalue weighted by Crippen LogP contribution is 2.34. The molecule has 1 aliphatic rings. The molecule has 1 aliphatic carbocycles. The second-order valence-corrected chi connectivity index (χ2v) is 8.21. The minimum Gasteiger partial charge on any atom is -0.497 e. The van der Waals surface area contributed by atoms with Gasteiger partial charge in [0.25, 0.3) is 5.91 Å². The molecule has 0 heterocycles. The van der Waals surface area contributed by atoms with Gasteiger partial charge in [0.2, 0.25) is 0 Å². The second-order valence-electron chi connectivity index (χ2n) is 7.77. The van der Waals surface area contributed by atoms with Gasteiger partial charge in [0.1, 0.15) is 17.2 Å². The standard InChI is InChI=1S/C26H26ClNO4/c1-17(31-24-12-5-8-18-7-3-4-11-22(18)24)26(29)28-23-15-19(27)13-14-25(23)32-21-10-6-9-20(16-21)30-2/h5-6,8-10,12-17H,3-4,7,11H2,1-2H3,(H,28,29)/t17-/m1/s1. The maximum Gasteiger partial charge on any atom is 0.265 e. The largest absolute Gasteiger partial charge is 0.497 e. The number of hydrogen-bond donors (Lipinski definition) is 1. The first-order valence-electron chi connectivity index (χ1n) is 10.7. The van der Waals surface area contributed by atoms with Crippen molar-refractivity contribution in [2.24, 2.45) is 0 Å². The number of benzene rings is 3. The van der Waals surface area contributed by atoms with Crippen molar-refractivity contribution in [3.8, 4) is 23.0 Å². The molecule has 4 rings (SSSR count). The number of carbonyl (C=O) groups is 1. The van der Waals surface area contributed by atoms with Crippen molar-refractivity contribution in [2.75, 3.05) is 12.4 Å². The average molecular weight is 452 g/mol. The molecule has 0 bridgehead atoms. The number of anilines is 1. The van der Waals surface area contributed by atoms with Crippen LogP contribution in [0, 0.1) is 0 Å². The number of halogens is 1. The zero-order valence-corrected chi connectivity index (χ0v) is 18.9. The lowest BCUT2D eigenvalue weighted by atomic mass is 9.91. The summed E-state index contributed by atoms with van der Waals surface area (Å²) in [6.45, 7) is 1.74. The Bertz CT molecular complexity index is 1110. The fraction of sp³-hybridized carbons (Fsp3) is 0.269. The molecule has 1 amide bonds. The Morgan fingerprint density at radius 2 is 1.75 bits per heavy atom. The SMILES string of the molecule is COc1cccc(Oc2ccc(Cl)cc2NC(=O)[C@@H](C)Oc2cccc3c2CCCC3)c1. The fourth-order valence-electron chi connectivity index (χ4n) is 3.82. The molecule has 3 aromatic rings. The molecule has 0 aliphatic heterocycles. The van der Waals surface area contributed by atoms with Gasteiger partial charge in [0.15, 0.2) is 11.9 Å². The normalized spacial score (nSPS) is 13.6. The van der Waals surface area contributed by atoms with E-state index < -0.39 is 6.10 Å². The molecule has 0 spiro atoms. The van der Waals surface area contributed by atoms with Gasteiger partial charge < -0.3 is 19.5 Å². The Morgan fingerprint density at radius 3 is 2.59 bits per heavy atom. The second kappa shape index (κ2) is 9.96. The van der Waals surface area contributed by atoms with E-state index in [4.69, 9.17) is 25.8 Å². The molecule has 5 nitrogen and oxygen atoms in total. The summed E-state index contributed by atoms with van der Waals surface area (Å²) in [5.41, 5.74) is 2.99. The number of amides is 1. The van der Waals surface area contributed by atoms with Crippen LogP contribution in [0.25, 0.3) is 0 Å². The van der Waals surface area contributed by atoms with Crippen LogP contribution in [-0.2, 0) is 17.6 Å². The van der Waals surface area contributed by atoms with E-state index in [1.807, 2.05) is 30.3 Å². The van der Waals surface area contributed by atoms with Gasteiger partial charge in [-0.2, -0.15) is 0 Å². The Kier molecular flexibility index (Phi) is 6.86. The number of ether oxygens (including phenoxy) is 3. The van der Waals surface area contributed by atoms with Crippen LogP contribution in [0.3, 0.4) is 0 Å². The number of rotatable bonds is 7. The van der Waals surface area contributed by atoms with Crippen molar-refractivity contribution in [3.63, 3.8) is 0 Å². The van der Waals surface area contributed by atoms with Crippen LogP contribution in [0.1, 0.15) is 30.9 Å². The maximum atomic E-state index is 12.9. The summed E-state index contributed by atoms with van der Waals surface area (Å²) in [7, 11) is 1.60. The van der Waals surface area contributed by atoms with E-state index in [1.54, 1.807) is 38.3 Å². The number of carbonyl (C=O) groups excluding carboxylic acids is 1. The minimum absolute atomic E-state index is 0.281. The van der Waals surface area contributed by atoms with Gasteiger partial charge in [-0.1, -0.05) is 29.8 Å². The van der Waals surface area contributed by atoms with Crippen LogP contribution in [0.4, 0.5) is 5.69 Å². The molecule has 0 fully saturated rings. The van der Waals surface area contributed by atoms with Crippen molar-refractivity contribution in [1.29, 1.82) is 0 Å². The van der Waals surface area contributed by atoms with E-state index in [9.17, 15) is 4.79 Å². The Morgan fingerprint density at radius 1 is 0.969 bits per heavy atom. The van der Waals surface area contributed by atoms with Gasteiger partial charge >= 0.3 is 0 Å². The van der Waals surface area contributed by atoms with Gasteiger partial charge in [0, 0.05) is 11.1 Å². The van der Waals surface area contributed by atoms with Crippen LogP contribution < -0.4 is 19.5 Å². The van der Waals surface area contributed by atoms with E-state index in [0.717, 1.165) is 25.0 Å². The lowest BCUT2D eigenvalue weighted by molar-refractivity contribution is -0.122. The molecule has 166 valence electrons. The number of nitrogens with one attached hydrogen (secondary N) is 1. The summed E-state index contributed by atoms with van der Waals surface area (Å²) in [4.78, 5) is 12.9. The van der Waals surface area contributed by atoms with Gasteiger partial charge in [-0.3, -0.25) is 4.79 Å². The Hall–Kier alpha value is -3.18. The lowest BCUT2D eigenvalue weighted by Gasteiger charge is -2.22. The van der Waals surface area contributed by atoms with Crippen molar-refractivity contribution < 1.29 is 19.0 Å². The van der Waals surface area contributed by atoms with E-state index >= 15 is 0 Å². The summed E-state index contributed by atoms with van der Waals surface area (Å²) in [6, 6.07) is 18.4. The summed E-state index contributed by atoms with van der Waals surface area (Å²) < 4.78 is 17.3. The van der Waals surface area contributed by atoms with Crippen molar-refractivity contribution in [2.45, 2.75) is 38.7 Å². The third-order valence-electron chi connectivity index (χ3n) is 5.49. The first-order valence-corrected chi connectivity index (χ1v) is 11.1. The van der Waals surface area contributed by atoms with E-state index in [1.165, 1.54) is 17.5 Å². The van der Waals surface area contributed by atoms with Crippen LogP contribution in [0.5, 0.6) is 23.0 Å². The minimum atomic E-state index is -0.688. The molecule has 0 aromatic heterocycles. The van der Waals surface area contributed by atoms with Crippen LogP contribution in [-0.4, -0.2) is 19.1 Å². The topological polar surface area (TPSA) is 56.8 Å². The Labute approximate surface area is 193 Å². The highest BCUT2D eigenvalue weighted by atomic mass is 35.5. The molecule has 0 radical (unpaired) electrons. The molecule has 3 aromatic carbocycles. The van der Waals surface area contributed by atoms with Crippen molar-refractivity contribution >= 4 is 23.2 Å². The number of hydrogen-bond acceptors (Lipinski definition) is 4. The van der Waals surface area contributed by atoms with Gasteiger partial charge in [-0.05, 0) is 80.1 Å². The van der Waals surface area contributed by atoms with E-state index in [0.29, 0.717) is 28.0 Å². The van der Waals surface area contributed by atoms with Gasteiger partial charge in [0.05, 0.1) is 12.8 Å². The predicted molar refractivity (Wildman–Crippen MR) is 126 cm³/mol. The summed E-state index contributed by atoms with van der Waals surface area (Å²) in [6.07, 6.45) is 3.68. The first-order chi connectivity index (χ1) is 15.5. The highest BCUT2D eigenvalue weighted by Gasteiger charge is 2.21. The maximum absolute atomic E-state index is 12.9. The molecule has 32 heavy (non-hydrogen) atoms. The summed E-state index contributed by atoms with van der Waals surface area (Å²) in [5, 5.41) is 3.39. The van der Waals surface area contributed by atoms with E-state index in [-0.39, 0.29) is 5.91 Å². The average Bonchev–Trinajstić information content (AvgIpc) is 2.81. The molecule has 1 N–H and O–H groups in total. The van der Waals surface area contributed by atoms with Crippen LogP contribution >= 0.6 is 11.6 Å². The molecule has 1 atom stereocenters. The monoisotopic (exact) mass is 451 g/mol. The van der Waals surface area contributed by atoms with Crippen LogP contribution in [0.2, 0.25) is 5.02 Å². The zero-order chi connectivity index (χ0) is 22.5. The quantitative estimate of drug-likeness (QED) is 0.450. The fourth-order valence-corrected chi connectivity index (χ4v) is 3.99. The molecule has 0 saturated heterocycles. The smallest absolute Gasteiger partial charge is 0.265 e. The number of aryl methyl sites for hydroxylation is 1. The number of methoxy groups -OCH3 is 1. The third kappa shape index (κ3) is 5.17. The number of fused-ring (bicyclic) bond motifs is 1. The Balaban J connectivity index is 1.50. The summed E-state index contributed by atoms with van der Waals surface area (Å²) >= 11 is 6.18. The third-order valence-corrected chi connectivity index (χ3v) is 5.73. The lowest BCUT2D eigenvalue weighted by Crippen LogP contribution is -2.30. The highest BCUT2D eigenvalue weighted by molar-refractivity contribution is 6.31. The van der Waals surface area contributed by atoms with Gasteiger partial charge in [-0.25, -0.2) is 0 Å². The molecular weight excluding hydrogens is 426 g/mol. The predicted octanol–water partition coefficient (Wildman–Crippen LogP) is 6.43. The first kappa shape index (κ1) is 22.0. The van der Waals surface area contributed by atoms with E-state index in [2.05, 4.69) is 11.4 Å². The summed E-state index contributed by atoms with van der Waals surface area (Å²) in [5.74, 6) is 2.23. The zero-order valence-electron chi connectivity index (χ0n) is 18.2.